The van der Waals surface area contributed by atoms with E-state index in [1.807, 2.05) is 0 Å². The molecular weight excluding hydrogens is 276 g/mol. The lowest BCUT2D eigenvalue weighted by molar-refractivity contribution is -0.118. The predicted octanol–water partition coefficient (Wildman–Crippen LogP) is 3.67. The molecule has 0 bridgehead atoms. The van der Waals surface area contributed by atoms with Crippen LogP contribution in [0.25, 0.3) is 0 Å². The maximum absolute atomic E-state index is 10.5. The van der Waals surface area contributed by atoms with Gasteiger partial charge in [0.15, 0.2) is 0 Å². The van der Waals surface area contributed by atoms with Gasteiger partial charge in [-0.2, -0.15) is 0 Å². The molecule has 0 atom stereocenters. The van der Waals surface area contributed by atoms with Crippen molar-refractivity contribution < 1.29 is 9.90 Å². The molecule has 0 aromatic carbocycles. The number of carbonyl (C=O) groups excluding carboxylic acids is 1. The normalized spacial score (nSPS) is 10.5. The molecule has 0 spiro atoms. The average Bonchev–Trinajstić information content (AvgIpc) is 2.52. The molecule has 1 amide bonds. The van der Waals surface area contributed by atoms with Gasteiger partial charge in [-0.3, -0.25) is 4.79 Å². The van der Waals surface area contributed by atoms with Crippen molar-refractivity contribution in [3.8, 4) is 0 Å². The second-order valence-corrected chi connectivity index (χ2v) is 5.61. The van der Waals surface area contributed by atoms with Crippen LogP contribution in [0.5, 0.6) is 0 Å². The lowest BCUT2D eigenvalue weighted by atomic mass is 10.1. The van der Waals surface area contributed by atoms with Crippen LogP contribution in [0.1, 0.15) is 84.0 Å². The number of amides is 1. The van der Waals surface area contributed by atoms with E-state index in [1.54, 1.807) is 0 Å². The van der Waals surface area contributed by atoms with Crippen LogP contribution >= 0.6 is 0 Å². The first-order chi connectivity index (χ1) is 10.7. The van der Waals surface area contributed by atoms with Gasteiger partial charge in [0.2, 0.25) is 5.91 Å². The highest BCUT2D eigenvalue weighted by molar-refractivity contribution is 5.73. The summed E-state index contributed by atoms with van der Waals surface area (Å²) in [5.74, 6) is -0.166. The van der Waals surface area contributed by atoms with Crippen LogP contribution in [0.4, 0.5) is 0 Å². The first-order valence-corrected chi connectivity index (χ1v) is 8.93. The van der Waals surface area contributed by atoms with Gasteiger partial charge in [0.1, 0.15) is 0 Å². The first-order valence-electron chi connectivity index (χ1n) is 8.93. The van der Waals surface area contributed by atoms with Gasteiger partial charge >= 0.3 is 0 Å². The van der Waals surface area contributed by atoms with E-state index in [0.717, 1.165) is 12.8 Å². The number of nitrogens with two attached hydrogens (primary N) is 2. The molecule has 0 fully saturated rings. The minimum Gasteiger partial charge on any atom is -0.395 e. The average molecular weight is 315 g/mol. The molecule has 0 aliphatic heterocycles. The summed E-state index contributed by atoms with van der Waals surface area (Å²) in [5, 5.41) is 7.75. The third kappa shape index (κ3) is 27.5. The van der Waals surface area contributed by atoms with Gasteiger partial charge < -0.3 is 16.6 Å². The molecule has 0 aliphatic rings. The Morgan fingerprint density at radius 3 is 1.82 bits per heavy atom. The number of rotatable bonds is 14. The Morgan fingerprint density at radius 2 is 1.36 bits per heavy atom. The van der Waals surface area contributed by atoms with E-state index in [-0.39, 0.29) is 12.5 Å². The highest BCUT2D eigenvalue weighted by Crippen LogP contribution is 2.08. The Kier molecular flexibility index (Phi) is 23.8. The molecule has 0 aromatic rings. The van der Waals surface area contributed by atoms with E-state index in [0.29, 0.717) is 13.0 Å². The zero-order chi connectivity index (χ0) is 16.9. The molecule has 0 radical (unpaired) electrons. The van der Waals surface area contributed by atoms with Crippen molar-refractivity contribution in [2.45, 2.75) is 84.0 Å². The molecule has 0 aromatic heterocycles. The fourth-order valence-corrected chi connectivity index (χ4v) is 2.02. The summed E-state index contributed by atoms with van der Waals surface area (Å²) >= 11 is 0. The monoisotopic (exact) mass is 314 g/mol. The molecule has 4 heteroatoms. The number of unbranched alkanes of at least 4 members (excludes halogenated alkanes) is 9. The SMILES string of the molecule is CCCCCC/C=C\CCCCCCCC(N)=O.NCCO. The highest BCUT2D eigenvalue weighted by Gasteiger charge is 1.94. The fraction of sp³-hybridized carbons (Fsp3) is 0.833. The van der Waals surface area contributed by atoms with Crippen molar-refractivity contribution >= 4 is 5.91 Å². The van der Waals surface area contributed by atoms with Crippen LogP contribution in [0, 0.1) is 0 Å². The van der Waals surface area contributed by atoms with Gasteiger partial charge in [0.05, 0.1) is 6.61 Å². The smallest absolute Gasteiger partial charge is 0.217 e. The third-order valence-corrected chi connectivity index (χ3v) is 3.31. The van der Waals surface area contributed by atoms with E-state index in [2.05, 4.69) is 19.1 Å². The van der Waals surface area contributed by atoms with Crippen molar-refractivity contribution in [3.63, 3.8) is 0 Å². The number of primary amides is 1. The summed E-state index contributed by atoms with van der Waals surface area (Å²) in [6.45, 7) is 2.72. The molecule has 0 saturated carbocycles. The number of aliphatic hydroxyl groups excluding tert-OH is 1. The lowest BCUT2D eigenvalue weighted by Gasteiger charge is -1.98. The van der Waals surface area contributed by atoms with E-state index >= 15 is 0 Å². The molecule has 4 nitrogen and oxygen atoms in total. The molecular formula is C18H38N2O2. The molecule has 22 heavy (non-hydrogen) atoms. The van der Waals surface area contributed by atoms with Crippen LogP contribution in [0.3, 0.4) is 0 Å². The second kappa shape index (κ2) is 22.4. The quantitative estimate of drug-likeness (QED) is 0.337. The predicted molar refractivity (Wildman–Crippen MR) is 95.6 cm³/mol. The van der Waals surface area contributed by atoms with E-state index in [4.69, 9.17) is 16.6 Å². The highest BCUT2D eigenvalue weighted by atomic mass is 16.3. The first kappa shape index (κ1) is 23.4. The maximum atomic E-state index is 10.5. The summed E-state index contributed by atoms with van der Waals surface area (Å²) in [6.07, 6.45) is 19.0. The van der Waals surface area contributed by atoms with Crippen molar-refractivity contribution in [1.29, 1.82) is 0 Å². The van der Waals surface area contributed by atoms with Crippen LogP contribution in [0.2, 0.25) is 0 Å². The summed E-state index contributed by atoms with van der Waals surface area (Å²) in [7, 11) is 0. The van der Waals surface area contributed by atoms with Gasteiger partial charge in [-0.1, -0.05) is 57.6 Å². The van der Waals surface area contributed by atoms with Crippen LogP contribution in [-0.4, -0.2) is 24.2 Å². The van der Waals surface area contributed by atoms with E-state index in [1.165, 1.54) is 57.8 Å². The number of aliphatic hydroxyl groups is 1. The Balaban J connectivity index is 0. The van der Waals surface area contributed by atoms with E-state index in [9.17, 15) is 4.79 Å². The number of allylic oxidation sites excluding steroid dienone is 2. The summed E-state index contributed by atoms with van der Waals surface area (Å²) in [6, 6.07) is 0. The lowest BCUT2D eigenvalue weighted by Crippen LogP contribution is -2.09. The van der Waals surface area contributed by atoms with Crippen LogP contribution < -0.4 is 11.5 Å². The summed E-state index contributed by atoms with van der Waals surface area (Å²) < 4.78 is 0. The zero-order valence-corrected chi connectivity index (χ0v) is 14.6. The van der Waals surface area contributed by atoms with Crippen molar-refractivity contribution in [3.05, 3.63) is 12.2 Å². The number of hydrogen-bond acceptors (Lipinski definition) is 3. The largest absolute Gasteiger partial charge is 0.395 e. The maximum Gasteiger partial charge on any atom is 0.217 e. The molecule has 0 saturated heterocycles. The van der Waals surface area contributed by atoms with Gasteiger partial charge in [-0.05, 0) is 32.1 Å². The fourth-order valence-electron chi connectivity index (χ4n) is 2.02. The molecule has 5 N–H and O–H groups in total. The molecule has 0 heterocycles. The molecule has 0 aliphatic carbocycles. The molecule has 0 unspecified atom stereocenters. The topological polar surface area (TPSA) is 89.3 Å². The van der Waals surface area contributed by atoms with Gasteiger partial charge in [0.25, 0.3) is 0 Å². The Labute approximate surface area is 137 Å². The third-order valence-electron chi connectivity index (χ3n) is 3.31. The van der Waals surface area contributed by atoms with Gasteiger partial charge in [-0.15, -0.1) is 0 Å². The van der Waals surface area contributed by atoms with Gasteiger partial charge in [0, 0.05) is 13.0 Å². The molecule has 0 rings (SSSR count). The summed E-state index contributed by atoms with van der Waals surface area (Å²) in [4.78, 5) is 10.5. The minimum atomic E-state index is -0.166. The second-order valence-electron chi connectivity index (χ2n) is 5.61. The number of hydrogen-bond donors (Lipinski definition) is 3. The number of carbonyl (C=O) groups is 1. The minimum absolute atomic E-state index is 0.0972. The molecule has 132 valence electrons. The van der Waals surface area contributed by atoms with Crippen LogP contribution in [0.15, 0.2) is 12.2 Å². The van der Waals surface area contributed by atoms with Crippen molar-refractivity contribution in [1.82, 2.24) is 0 Å². The van der Waals surface area contributed by atoms with Crippen molar-refractivity contribution in [2.24, 2.45) is 11.5 Å². The van der Waals surface area contributed by atoms with Gasteiger partial charge in [-0.25, -0.2) is 0 Å². The van der Waals surface area contributed by atoms with Crippen LogP contribution in [-0.2, 0) is 4.79 Å². The van der Waals surface area contributed by atoms with Crippen molar-refractivity contribution in [2.75, 3.05) is 13.2 Å². The summed E-state index contributed by atoms with van der Waals surface area (Å²) in [5.41, 5.74) is 9.86. The standard InChI is InChI=1S/C16H31NO.C2H7NO/c1-2-3-4-5-6-7-8-9-10-11-12-13-14-15-16(17)18;3-1-2-4/h7-8H,2-6,9-15H2,1H3,(H2,17,18);4H,1-3H2/b8-7-;. The van der Waals surface area contributed by atoms with E-state index < -0.39 is 0 Å². The Hall–Kier alpha value is -0.870. The Morgan fingerprint density at radius 1 is 0.909 bits per heavy atom. The zero-order valence-electron chi connectivity index (χ0n) is 14.6. The Bertz CT molecular complexity index is 241.